The number of hydrogen-bond donors (Lipinski definition) is 1. The molecular weight excluding hydrogens is 310 g/mol. The normalized spacial score (nSPS) is 10.7. The van der Waals surface area contributed by atoms with Crippen molar-refractivity contribution in [2.75, 3.05) is 11.9 Å². The van der Waals surface area contributed by atoms with E-state index in [9.17, 15) is 4.79 Å². The monoisotopic (exact) mass is 339 g/mol. The molecule has 0 atom stereocenters. The molecule has 0 aromatic heterocycles. The molecule has 0 unspecified atom stereocenters. The van der Waals surface area contributed by atoms with Gasteiger partial charge in [-0.3, -0.25) is 4.79 Å². The Morgan fingerprint density at radius 3 is 2.32 bits per heavy atom. The number of carbonyl (C=O) groups excluding carboxylic acids is 1. The number of hydrogen-bond acceptors (Lipinski definition) is 2. The molecule has 0 aliphatic carbocycles. The zero-order chi connectivity index (χ0) is 18.1. The maximum atomic E-state index is 12.0. The second-order valence-corrected chi connectivity index (χ2v) is 6.67. The molecule has 1 amide bonds. The molecule has 2 aromatic carbocycles. The summed E-state index contributed by atoms with van der Waals surface area (Å²) in [4.78, 5) is 12.0. The van der Waals surface area contributed by atoms with E-state index in [-0.39, 0.29) is 5.91 Å². The van der Waals surface area contributed by atoms with Crippen LogP contribution >= 0.6 is 0 Å². The Balaban J connectivity index is 1.68. The first-order chi connectivity index (χ1) is 12.1. The summed E-state index contributed by atoms with van der Waals surface area (Å²) < 4.78 is 5.70. The minimum Gasteiger partial charge on any atom is -0.494 e. The minimum atomic E-state index is 0.0270. The molecule has 0 radical (unpaired) electrons. The van der Waals surface area contributed by atoms with Gasteiger partial charge in [-0.15, -0.1) is 0 Å². The largest absolute Gasteiger partial charge is 0.494 e. The fraction of sp³-hybridized carbons (Fsp3) is 0.409. The third kappa shape index (κ3) is 6.61. The van der Waals surface area contributed by atoms with Crippen LogP contribution in [-0.2, 0) is 11.2 Å². The maximum Gasteiger partial charge on any atom is 0.224 e. The molecule has 0 heterocycles. The second-order valence-electron chi connectivity index (χ2n) is 6.67. The fourth-order valence-corrected chi connectivity index (χ4v) is 2.64. The van der Waals surface area contributed by atoms with Gasteiger partial charge in [0.05, 0.1) is 6.61 Å². The lowest BCUT2D eigenvalue weighted by atomic mass is 10.0. The lowest BCUT2D eigenvalue weighted by Gasteiger charge is -2.09. The van der Waals surface area contributed by atoms with Gasteiger partial charge < -0.3 is 10.1 Å². The number of nitrogens with one attached hydrogen (secondary N) is 1. The number of anilines is 1. The number of aryl methyl sites for hydroxylation is 1. The molecule has 3 nitrogen and oxygen atoms in total. The lowest BCUT2D eigenvalue weighted by Crippen LogP contribution is -2.12. The van der Waals surface area contributed by atoms with Crippen LogP contribution in [0.3, 0.4) is 0 Å². The Morgan fingerprint density at radius 2 is 1.72 bits per heavy atom. The molecular formula is C22H29NO2. The van der Waals surface area contributed by atoms with Gasteiger partial charge in [0.1, 0.15) is 5.75 Å². The highest BCUT2D eigenvalue weighted by Crippen LogP contribution is 2.17. The average Bonchev–Trinajstić information content (AvgIpc) is 2.61. The molecule has 3 heteroatoms. The quantitative estimate of drug-likeness (QED) is 0.607. The van der Waals surface area contributed by atoms with Gasteiger partial charge in [-0.05, 0) is 54.2 Å². The SMILES string of the molecule is CCCc1ccc(OCCCC(=O)Nc2ccc(C(C)C)cc2)cc1. The summed E-state index contributed by atoms with van der Waals surface area (Å²) in [6.07, 6.45) is 3.40. The lowest BCUT2D eigenvalue weighted by molar-refractivity contribution is -0.116. The van der Waals surface area contributed by atoms with Gasteiger partial charge in [0.25, 0.3) is 0 Å². The van der Waals surface area contributed by atoms with Crippen molar-refractivity contribution in [2.45, 2.75) is 52.4 Å². The summed E-state index contributed by atoms with van der Waals surface area (Å²) in [6.45, 7) is 7.04. The Hall–Kier alpha value is -2.29. The highest BCUT2D eigenvalue weighted by molar-refractivity contribution is 5.90. The average molecular weight is 339 g/mol. The predicted octanol–water partition coefficient (Wildman–Crippen LogP) is 5.56. The predicted molar refractivity (Wildman–Crippen MR) is 104 cm³/mol. The van der Waals surface area contributed by atoms with Crippen molar-refractivity contribution in [3.63, 3.8) is 0 Å². The Labute approximate surface area is 151 Å². The summed E-state index contributed by atoms with van der Waals surface area (Å²) in [5, 5.41) is 2.93. The van der Waals surface area contributed by atoms with E-state index >= 15 is 0 Å². The van der Waals surface area contributed by atoms with Crippen molar-refractivity contribution in [2.24, 2.45) is 0 Å². The first-order valence-electron chi connectivity index (χ1n) is 9.20. The van der Waals surface area contributed by atoms with Crippen molar-refractivity contribution in [1.82, 2.24) is 0 Å². The summed E-state index contributed by atoms with van der Waals surface area (Å²) in [6, 6.07) is 16.3. The zero-order valence-corrected chi connectivity index (χ0v) is 15.5. The van der Waals surface area contributed by atoms with Crippen molar-refractivity contribution < 1.29 is 9.53 Å². The van der Waals surface area contributed by atoms with Gasteiger partial charge in [0, 0.05) is 12.1 Å². The molecule has 0 bridgehead atoms. The molecule has 0 fully saturated rings. The van der Waals surface area contributed by atoms with Gasteiger partial charge in [0.15, 0.2) is 0 Å². The Morgan fingerprint density at radius 1 is 1.04 bits per heavy atom. The van der Waals surface area contributed by atoms with Crippen LogP contribution in [-0.4, -0.2) is 12.5 Å². The van der Waals surface area contributed by atoms with Crippen molar-refractivity contribution in [3.8, 4) is 5.75 Å². The van der Waals surface area contributed by atoms with Crippen LogP contribution in [0.5, 0.6) is 5.75 Å². The molecule has 0 spiro atoms. The highest BCUT2D eigenvalue weighted by atomic mass is 16.5. The zero-order valence-electron chi connectivity index (χ0n) is 15.5. The minimum absolute atomic E-state index is 0.0270. The number of amides is 1. The van der Waals surface area contributed by atoms with Crippen molar-refractivity contribution in [1.29, 1.82) is 0 Å². The molecule has 0 saturated carbocycles. The second kappa shape index (κ2) is 9.87. The van der Waals surface area contributed by atoms with Gasteiger partial charge in [-0.2, -0.15) is 0 Å². The van der Waals surface area contributed by atoms with Gasteiger partial charge >= 0.3 is 0 Å². The number of ether oxygens (including phenoxy) is 1. The number of carbonyl (C=O) groups is 1. The van der Waals surface area contributed by atoms with E-state index < -0.39 is 0 Å². The summed E-state index contributed by atoms with van der Waals surface area (Å²) in [5.41, 5.74) is 3.45. The van der Waals surface area contributed by atoms with E-state index in [2.05, 4.69) is 50.4 Å². The topological polar surface area (TPSA) is 38.3 Å². The summed E-state index contributed by atoms with van der Waals surface area (Å²) in [7, 11) is 0. The Kier molecular flexibility index (Phi) is 7.52. The first-order valence-corrected chi connectivity index (χ1v) is 9.20. The van der Waals surface area contributed by atoms with Crippen molar-refractivity contribution in [3.05, 3.63) is 59.7 Å². The smallest absolute Gasteiger partial charge is 0.224 e. The maximum absolute atomic E-state index is 12.0. The van der Waals surface area contributed by atoms with Gasteiger partial charge in [0.2, 0.25) is 5.91 Å². The van der Waals surface area contributed by atoms with Crippen LogP contribution in [0.15, 0.2) is 48.5 Å². The van der Waals surface area contributed by atoms with Crippen LogP contribution in [0.4, 0.5) is 5.69 Å². The molecule has 1 N–H and O–H groups in total. The first kappa shape index (κ1) is 19.0. The van der Waals surface area contributed by atoms with Crippen LogP contribution in [0.25, 0.3) is 0 Å². The molecule has 0 saturated heterocycles. The summed E-state index contributed by atoms with van der Waals surface area (Å²) >= 11 is 0. The van der Waals surface area contributed by atoms with Crippen LogP contribution < -0.4 is 10.1 Å². The van der Waals surface area contributed by atoms with E-state index in [0.717, 1.165) is 24.3 Å². The summed E-state index contributed by atoms with van der Waals surface area (Å²) in [5.74, 6) is 1.39. The van der Waals surface area contributed by atoms with E-state index in [1.165, 1.54) is 11.1 Å². The number of rotatable bonds is 9. The third-order valence-electron chi connectivity index (χ3n) is 4.14. The fourth-order valence-electron chi connectivity index (χ4n) is 2.64. The molecule has 2 aromatic rings. The van der Waals surface area contributed by atoms with Gasteiger partial charge in [-0.25, -0.2) is 0 Å². The van der Waals surface area contributed by atoms with Crippen LogP contribution in [0.1, 0.15) is 57.1 Å². The van der Waals surface area contributed by atoms with E-state index in [0.29, 0.717) is 25.4 Å². The third-order valence-corrected chi connectivity index (χ3v) is 4.14. The van der Waals surface area contributed by atoms with E-state index in [4.69, 9.17) is 4.74 Å². The van der Waals surface area contributed by atoms with Crippen LogP contribution in [0.2, 0.25) is 0 Å². The van der Waals surface area contributed by atoms with Crippen LogP contribution in [0, 0.1) is 0 Å². The van der Waals surface area contributed by atoms with Gasteiger partial charge in [-0.1, -0.05) is 51.5 Å². The standard InChI is InChI=1S/C22H29NO2/c1-4-6-18-8-14-21(15-9-18)25-16-5-7-22(24)23-20-12-10-19(11-13-20)17(2)3/h8-15,17H,4-7,16H2,1-3H3,(H,23,24). The molecule has 134 valence electrons. The highest BCUT2D eigenvalue weighted by Gasteiger charge is 2.04. The molecule has 25 heavy (non-hydrogen) atoms. The molecule has 0 aliphatic heterocycles. The molecule has 0 aliphatic rings. The number of benzene rings is 2. The van der Waals surface area contributed by atoms with E-state index in [1.54, 1.807) is 0 Å². The van der Waals surface area contributed by atoms with E-state index in [1.807, 2.05) is 24.3 Å². The molecule has 2 rings (SSSR count). The van der Waals surface area contributed by atoms with Crippen molar-refractivity contribution >= 4 is 11.6 Å². The Bertz CT molecular complexity index is 645.